The van der Waals surface area contributed by atoms with Crippen LogP contribution < -0.4 is 5.32 Å². The first kappa shape index (κ1) is 12.2. The maximum Gasteiger partial charge on any atom is 0.0800 e. The molecule has 1 fully saturated rings. The minimum absolute atomic E-state index is 0.448. The Labute approximate surface area is 120 Å². The van der Waals surface area contributed by atoms with Crippen molar-refractivity contribution in [2.24, 2.45) is 7.05 Å². The van der Waals surface area contributed by atoms with E-state index in [0.717, 1.165) is 6.54 Å². The van der Waals surface area contributed by atoms with Crippen LogP contribution in [-0.4, -0.2) is 16.3 Å². The predicted octanol–water partition coefficient (Wildman–Crippen LogP) is 3.00. The Kier molecular flexibility index (Phi) is 2.88. The number of fused-ring (bicyclic) bond motifs is 1. The fraction of sp³-hybridized carbons (Fsp3) is 0.471. The van der Waals surface area contributed by atoms with Crippen molar-refractivity contribution in [2.45, 2.75) is 38.1 Å². The third kappa shape index (κ3) is 1.97. The Morgan fingerprint density at radius 2 is 2.05 bits per heavy atom. The van der Waals surface area contributed by atoms with Crippen LogP contribution in [0.4, 0.5) is 0 Å². The van der Waals surface area contributed by atoms with E-state index in [0.29, 0.717) is 6.04 Å². The van der Waals surface area contributed by atoms with Gasteiger partial charge in [-0.25, -0.2) is 0 Å². The van der Waals surface area contributed by atoms with E-state index in [1.54, 1.807) is 0 Å². The number of rotatable bonds is 2. The molecule has 1 aromatic heterocycles. The van der Waals surface area contributed by atoms with Crippen molar-refractivity contribution in [3.8, 4) is 11.3 Å². The Balaban J connectivity index is 1.71. The van der Waals surface area contributed by atoms with Crippen LogP contribution in [0.2, 0.25) is 0 Å². The maximum absolute atomic E-state index is 4.72. The monoisotopic (exact) mass is 267 g/mol. The lowest BCUT2D eigenvalue weighted by Gasteiger charge is -2.05. The van der Waals surface area contributed by atoms with Gasteiger partial charge in [-0.3, -0.25) is 4.68 Å². The smallest absolute Gasteiger partial charge is 0.0800 e. The van der Waals surface area contributed by atoms with E-state index in [1.807, 2.05) is 4.68 Å². The zero-order chi connectivity index (χ0) is 13.5. The van der Waals surface area contributed by atoms with Crippen molar-refractivity contribution in [1.29, 1.82) is 0 Å². The van der Waals surface area contributed by atoms with Crippen LogP contribution in [0.5, 0.6) is 0 Å². The molecule has 0 amide bonds. The molecule has 4 rings (SSSR count). The molecule has 1 saturated heterocycles. The van der Waals surface area contributed by atoms with E-state index >= 15 is 0 Å². The SMILES string of the molecule is Cn1nc(C2CCCN2)cc1-c1ccc2c(c1)CCC2. The van der Waals surface area contributed by atoms with Gasteiger partial charge in [-0.1, -0.05) is 12.1 Å². The molecule has 0 spiro atoms. The summed E-state index contributed by atoms with van der Waals surface area (Å²) in [5, 5.41) is 8.25. The number of aromatic nitrogens is 2. The summed E-state index contributed by atoms with van der Waals surface area (Å²) in [7, 11) is 2.06. The average Bonchev–Trinajstić information content (AvgIpc) is 3.17. The third-order valence-electron chi connectivity index (χ3n) is 4.71. The van der Waals surface area contributed by atoms with Gasteiger partial charge in [-0.05, 0) is 61.9 Å². The molecule has 1 aliphatic heterocycles. The first-order valence-corrected chi connectivity index (χ1v) is 7.71. The van der Waals surface area contributed by atoms with Crippen LogP contribution in [-0.2, 0) is 19.9 Å². The molecule has 20 heavy (non-hydrogen) atoms. The average molecular weight is 267 g/mol. The van der Waals surface area contributed by atoms with E-state index in [9.17, 15) is 0 Å². The van der Waals surface area contributed by atoms with E-state index in [2.05, 4.69) is 36.6 Å². The standard InChI is InChI=1S/C17H21N3/c1-20-17(11-16(19-20)15-6-3-9-18-15)14-8-7-12-4-2-5-13(12)10-14/h7-8,10-11,15,18H,2-6,9H2,1H3. The number of hydrogen-bond donors (Lipinski definition) is 1. The minimum atomic E-state index is 0.448. The molecular formula is C17H21N3. The highest BCUT2D eigenvalue weighted by Gasteiger charge is 2.21. The summed E-state index contributed by atoms with van der Waals surface area (Å²) in [6.45, 7) is 1.12. The Hall–Kier alpha value is -1.61. The molecule has 3 nitrogen and oxygen atoms in total. The number of hydrogen-bond acceptors (Lipinski definition) is 2. The normalized spacial score (nSPS) is 21.4. The lowest BCUT2D eigenvalue weighted by molar-refractivity contribution is 0.607. The Morgan fingerprint density at radius 3 is 2.90 bits per heavy atom. The highest BCUT2D eigenvalue weighted by atomic mass is 15.3. The summed E-state index contributed by atoms with van der Waals surface area (Å²) >= 11 is 0. The van der Waals surface area contributed by atoms with Crippen LogP contribution in [0.25, 0.3) is 11.3 Å². The molecule has 1 aliphatic carbocycles. The van der Waals surface area contributed by atoms with E-state index in [-0.39, 0.29) is 0 Å². The second kappa shape index (κ2) is 4.74. The molecule has 104 valence electrons. The molecule has 3 heteroatoms. The molecule has 2 aliphatic rings. The molecule has 2 heterocycles. The van der Waals surface area contributed by atoms with Crippen molar-refractivity contribution in [3.63, 3.8) is 0 Å². The van der Waals surface area contributed by atoms with E-state index < -0.39 is 0 Å². The van der Waals surface area contributed by atoms with Crippen molar-refractivity contribution in [1.82, 2.24) is 15.1 Å². The van der Waals surface area contributed by atoms with Gasteiger partial charge in [0.25, 0.3) is 0 Å². The number of nitrogens with zero attached hydrogens (tertiary/aromatic N) is 2. The summed E-state index contributed by atoms with van der Waals surface area (Å²) in [6, 6.07) is 9.64. The lowest BCUT2D eigenvalue weighted by Crippen LogP contribution is -2.13. The quantitative estimate of drug-likeness (QED) is 0.906. The summed E-state index contributed by atoms with van der Waals surface area (Å²) in [5.41, 5.74) is 6.81. The van der Waals surface area contributed by atoms with Gasteiger partial charge < -0.3 is 5.32 Å². The van der Waals surface area contributed by atoms with Gasteiger partial charge in [0.2, 0.25) is 0 Å². The van der Waals surface area contributed by atoms with Gasteiger partial charge in [-0.2, -0.15) is 5.10 Å². The highest BCUT2D eigenvalue weighted by molar-refractivity contribution is 5.62. The second-order valence-electron chi connectivity index (χ2n) is 6.06. The molecule has 0 saturated carbocycles. The van der Waals surface area contributed by atoms with Gasteiger partial charge in [0, 0.05) is 12.6 Å². The number of benzene rings is 1. The summed E-state index contributed by atoms with van der Waals surface area (Å²) < 4.78 is 2.03. The summed E-state index contributed by atoms with van der Waals surface area (Å²) in [4.78, 5) is 0. The van der Waals surface area contributed by atoms with Gasteiger partial charge in [0.15, 0.2) is 0 Å². The maximum atomic E-state index is 4.72. The fourth-order valence-corrected chi connectivity index (χ4v) is 3.60. The third-order valence-corrected chi connectivity index (χ3v) is 4.71. The lowest BCUT2D eigenvalue weighted by atomic mass is 10.0. The van der Waals surface area contributed by atoms with Crippen LogP contribution in [0, 0.1) is 0 Å². The minimum Gasteiger partial charge on any atom is -0.309 e. The molecule has 1 atom stereocenters. The predicted molar refractivity (Wildman–Crippen MR) is 80.6 cm³/mol. The fourth-order valence-electron chi connectivity index (χ4n) is 3.60. The van der Waals surface area contributed by atoms with Crippen LogP contribution in [0.1, 0.15) is 42.1 Å². The first-order chi connectivity index (χ1) is 9.81. The molecule has 1 aromatic carbocycles. The van der Waals surface area contributed by atoms with Crippen LogP contribution >= 0.6 is 0 Å². The largest absolute Gasteiger partial charge is 0.309 e. The molecule has 0 radical (unpaired) electrons. The molecule has 2 aromatic rings. The summed E-state index contributed by atoms with van der Waals surface area (Å²) in [6.07, 6.45) is 6.26. The van der Waals surface area contributed by atoms with Crippen LogP contribution in [0.3, 0.4) is 0 Å². The topological polar surface area (TPSA) is 29.9 Å². The summed E-state index contributed by atoms with van der Waals surface area (Å²) in [5.74, 6) is 0. The molecule has 1 unspecified atom stereocenters. The molecule has 0 bridgehead atoms. The number of aryl methyl sites for hydroxylation is 3. The van der Waals surface area contributed by atoms with Gasteiger partial charge in [0.05, 0.1) is 17.4 Å². The zero-order valence-corrected chi connectivity index (χ0v) is 12.0. The van der Waals surface area contributed by atoms with E-state index in [1.165, 1.54) is 60.2 Å². The first-order valence-electron chi connectivity index (χ1n) is 7.71. The van der Waals surface area contributed by atoms with Crippen LogP contribution in [0.15, 0.2) is 24.3 Å². The highest BCUT2D eigenvalue weighted by Crippen LogP contribution is 2.30. The van der Waals surface area contributed by atoms with Crippen molar-refractivity contribution < 1.29 is 0 Å². The molecule has 1 N–H and O–H groups in total. The van der Waals surface area contributed by atoms with Crippen molar-refractivity contribution >= 4 is 0 Å². The Bertz CT molecular complexity index is 636. The van der Waals surface area contributed by atoms with E-state index in [4.69, 9.17) is 5.10 Å². The second-order valence-corrected chi connectivity index (χ2v) is 6.06. The van der Waals surface area contributed by atoms with Crippen molar-refractivity contribution in [3.05, 3.63) is 41.1 Å². The van der Waals surface area contributed by atoms with Crippen molar-refractivity contribution in [2.75, 3.05) is 6.54 Å². The number of nitrogens with one attached hydrogen (secondary N) is 1. The molecular weight excluding hydrogens is 246 g/mol. The van der Waals surface area contributed by atoms with Gasteiger partial charge in [0.1, 0.15) is 0 Å². The van der Waals surface area contributed by atoms with Gasteiger partial charge >= 0.3 is 0 Å². The zero-order valence-electron chi connectivity index (χ0n) is 12.0. The Morgan fingerprint density at radius 1 is 1.15 bits per heavy atom. The van der Waals surface area contributed by atoms with Gasteiger partial charge in [-0.15, -0.1) is 0 Å².